The Labute approximate surface area is 91.8 Å². The second kappa shape index (κ2) is 4.55. The fraction of sp³-hybridized carbons (Fsp3) is 0.400. The maximum absolute atomic E-state index is 9.55. The van der Waals surface area contributed by atoms with Gasteiger partial charge in [-0.25, -0.2) is 0 Å². The number of phenolic OH excluding ortho intramolecular Hbond substituents is 1. The van der Waals surface area contributed by atoms with E-state index >= 15 is 0 Å². The molecule has 78 valence electrons. The summed E-state index contributed by atoms with van der Waals surface area (Å²) >= 11 is 3.27. The summed E-state index contributed by atoms with van der Waals surface area (Å²) < 4.78 is 11.2. The van der Waals surface area contributed by atoms with Crippen molar-refractivity contribution in [2.45, 2.75) is 20.0 Å². The van der Waals surface area contributed by atoms with Crippen LogP contribution in [0.3, 0.4) is 0 Å². The van der Waals surface area contributed by atoms with Crippen LogP contribution in [0.25, 0.3) is 0 Å². The summed E-state index contributed by atoms with van der Waals surface area (Å²) in [6, 6.07) is 3.20. The van der Waals surface area contributed by atoms with Crippen LogP contribution in [0, 0.1) is 0 Å². The van der Waals surface area contributed by atoms with E-state index < -0.39 is 0 Å². The molecule has 3 nitrogen and oxygen atoms in total. The molecule has 0 saturated heterocycles. The third kappa shape index (κ3) is 2.54. The Morgan fingerprint density at radius 3 is 2.43 bits per heavy atom. The van der Waals surface area contributed by atoms with Crippen LogP contribution >= 0.6 is 15.9 Å². The van der Waals surface area contributed by atoms with E-state index in [-0.39, 0.29) is 11.9 Å². The molecule has 0 bridgehead atoms. The summed E-state index contributed by atoms with van der Waals surface area (Å²) in [6.45, 7) is 3.79. The lowest BCUT2D eigenvalue weighted by atomic mass is 10.3. The second-order valence-corrected chi connectivity index (χ2v) is 3.98. The maximum Gasteiger partial charge on any atom is 0.165 e. The molecule has 0 atom stereocenters. The van der Waals surface area contributed by atoms with Gasteiger partial charge in [-0.1, -0.05) is 0 Å². The topological polar surface area (TPSA) is 38.7 Å². The van der Waals surface area contributed by atoms with E-state index in [1.165, 1.54) is 0 Å². The van der Waals surface area contributed by atoms with E-state index in [0.717, 1.165) is 0 Å². The average Bonchev–Trinajstić information content (AvgIpc) is 2.09. The molecule has 0 saturated carbocycles. The lowest BCUT2D eigenvalue weighted by Crippen LogP contribution is -2.05. The lowest BCUT2D eigenvalue weighted by molar-refractivity contribution is 0.230. The molecule has 0 aliphatic carbocycles. The molecule has 0 fully saturated rings. The first-order valence-corrected chi connectivity index (χ1v) is 5.07. The molecule has 1 N–H and O–H groups in total. The van der Waals surface area contributed by atoms with E-state index in [4.69, 9.17) is 9.47 Å². The van der Waals surface area contributed by atoms with E-state index in [9.17, 15) is 5.11 Å². The predicted octanol–water partition coefficient (Wildman–Crippen LogP) is 2.95. The van der Waals surface area contributed by atoms with Gasteiger partial charge < -0.3 is 14.6 Å². The summed E-state index contributed by atoms with van der Waals surface area (Å²) in [5.41, 5.74) is 0. The Hall–Kier alpha value is -0.900. The number of hydrogen-bond donors (Lipinski definition) is 1. The van der Waals surface area contributed by atoms with Crippen molar-refractivity contribution < 1.29 is 14.6 Å². The molecule has 14 heavy (non-hydrogen) atoms. The zero-order chi connectivity index (χ0) is 10.7. The normalized spacial score (nSPS) is 10.4. The Morgan fingerprint density at radius 1 is 1.29 bits per heavy atom. The van der Waals surface area contributed by atoms with Crippen LogP contribution in [0.5, 0.6) is 17.2 Å². The quantitative estimate of drug-likeness (QED) is 0.909. The number of rotatable bonds is 3. The molecule has 0 aliphatic heterocycles. The number of methoxy groups -OCH3 is 1. The van der Waals surface area contributed by atoms with E-state index in [1.54, 1.807) is 19.2 Å². The standard InChI is InChI=1S/C10H13BrO3/c1-6(2)14-10-5-9(13-3)7(11)4-8(10)12/h4-6,12H,1-3H3. The van der Waals surface area contributed by atoms with Crippen LogP contribution in [0.15, 0.2) is 16.6 Å². The summed E-state index contributed by atoms with van der Waals surface area (Å²) in [6.07, 6.45) is 0.0202. The van der Waals surface area contributed by atoms with Crippen molar-refractivity contribution in [2.24, 2.45) is 0 Å². The van der Waals surface area contributed by atoms with Crippen LogP contribution < -0.4 is 9.47 Å². The van der Waals surface area contributed by atoms with Gasteiger partial charge >= 0.3 is 0 Å². The highest BCUT2D eigenvalue weighted by Gasteiger charge is 2.10. The first kappa shape index (κ1) is 11.2. The van der Waals surface area contributed by atoms with Crippen molar-refractivity contribution in [3.8, 4) is 17.2 Å². The summed E-state index contributed by atoms with van der Waals surface area (Å²) in [5, 5.41) is 9.55. The van der Waals surface area contributed by atoms with Crippen LogP contribution in [0.1, 0.15) is 13.8 Å². The molecule has 0 aliphatic rings. The third-order valence-electron chi connectivity index (χ3n) is 1.60. The van der Waals surface area contributed by atoms with E-state index in [1.807, 2.05) is 13.8 Å². The van der Waals surface area contributed by atoms with E-state index in [2.05, 4.69) is 15.9 Å². The van der Waals surface area contributed by atoms with Gasteiger partial charge in [0, 0.05) is 12.1 Å². The molecule has 0 aromatic heterocycles. The monoisotopic (exact) mass is 260 g/mol. The van der Waals surface area contributed by atoms with Crippen molar-refractivity contribution in [2.75, 3.05) is 7.11 Å². The highest BCUT2D eigenvalue weighted by molar-refractivity contribution is 9.10. The number of phenols is 1. The third-order valence-corrected chi connectivity index (χ3v) is 2.22. The second-order valence-electron chi connectivity index (χ2n) is 3.12. The van der Waals surface area contributed by atoms with Crippen molar-refractivity contribution in [3.63, 3.8) is 0 Å². The Morgan fingerprint density at radius 2 is 1.93 bits per heavy atom. The lowest BCUT2D eigenvalue weighted by Gasteiger charge is -2.13. The summed E-state index contributed by atoms with van der Waals surface area (Å²) in [4.78, 5) is 0. The fourth-order valence-electron chi connectivity index (χ4n) is 1.03. The number of halogens is 1. The van der Waals surface area contributed by atoms with Crippen LogP contribution in [-0.2, 0) is 0 Å². The smallest absolute Gasteiger partial charge is 0.165 e. The Kier molecular flexibility index (Phi) is 3.63. The van der Waals surface area contributed by atoms with Gasteiger partial charge in [-0.2, -0.15) is 0 Å². The van der Waals surface area contributed by atoms with Gasteiger partial charge in [0.25, 0.3) is 0 Å². The van der Waals surface area contributed by atoms with Crippen LogP contribution in [0.4, 0.5) is 0 Å². The minimum atomic E-state index is 0.0202. The van der Waals surface area contributed by atoms with Gasteiger partial charge in [0.05, 0.1) is 17.7 Å². The van der Waals surface area contributed by atoms with Gasteiger partial charge in [0.2, 0.25) is 0 Å². The van der Waals surface area contributed by atoms with Crippen molar-refractivity contribution >= 4 is 15.9 Å². The number of hydrogen-bond acceptors (Lipinski definition) is 3. The SMILES string of the molecule is COc1cc(OC(C)C)c(O)cc1Br. The van der Waals surface area contributed by atoms with Gasteiger partial charge in [-0.3, -0.25) is 0 Å². The highest BCUT2D eigenvalue weighted by atomic mass is 79.9. The average molecular weight is 261 g/mol. The van der Waals surface area contributed by atoms with Gasteiger partial charge in [-0.05, 0) is 29.8 Å². The summed E-state index contributed by atoms with van der Waals surface area (Å²) in [5.74, 6) is 1.17. The molecule has 0 spiro atoms. The Balaban J connectivity index is 3.04. The molecule has 1 rings (SSSR count). The molecule has 4 heteroatoms. The number of ether oxygens (including phenoxy) is 2. The zero-order valence-electron chi connectivity index (χ0n) is 8.37. The van der Waals surface area contributed by atoms with Gasteiger partial charge in [0.1, 0.15) is 5.75 Å². The highest BCUT2D eigenvalue weighted by Crippen LogP contribution is 2.37. The summed E-state index contributed by atoms with van der Waals surface area (Å²) in [7, 11) is 1.57. The number of benzene rings is 1. The van der Waals surface area contributed by atoms with E-state index in [0.29, 0.717) is 16.0 Å². The molecule has 0 heterocycles. The van der Waals surface area contributed by atoms with Crippen LogP contribution in [-0.4, -0.2) is 18.3 Å². The van der Waals surface area contributed by atoms with Gasteiger partial charge in [0.15, 0.2) is 11.5 Å². The molecule has 0 unspecified atom stereocenters. The molecular formula is C10H13BrO3. The largest absolute Gasteiger partial charge is 0.504 e. The predicted molar refractivity (Wildman–Crippen MR) is 58.1 cm³/mol. The molecule has 0 amide bonds. The van der Waals surface area contributed by atoms with Crippen molar-refractivity contribution in [1.82, 2.24) is 0 Å². The fourth-order valence-corrected chi connectivity index (χ4v) is 1.52. The molecule has 1 aromatic rings. The maximum atomic E-state index is 9.55. The van der Waals surface area contributed by atoms with Crippen molar-refractivity contribution in [1.29, 1.82) is 0 Å². The van der Waals surface area contributed by atoms with Crippen LogP contribution in [0.2, 0.25) is 0 Å². The minimum Gasteiger partial charge on any atom is -0.504 e. The van der Waals surface area contributed by atoms with Crippen molar-refractivity contribution in [3.05, 3.63) is 16.6 Å². The van der Waals surface area contributed by atoms with Gasteiger partial charge in [-0.15, -0.1) is 0 Å². The Bertz CT molecular complexity index is 323. The molecule has 0 radical (unpaired) electrons. The molecule has 1 aromatic carbocycles. The minimum absolute atomic E-state index is 0.0202. The first-order chi connectivity index (χ1) is 6.54. The number of aromatic hydroxyl groups is 1. The first-order valence-electron chi connectivity index (χ1n) is 4.27. The molecular weight excluding hydrogens is 248 g/mol. The zero-order valence-corrected chi connectivity index (χ0v) is 9.96.